The number of halogens is 1. The molecule has 0 spiro atoms. The number of non-ortho nitro benzene ring substituents is 1. The van der Waals surface area contributed by atoms with Crippen LogP contribution in [0.1, 0.15) is 23.5 Å². The normalized spacial score (nSPS) is 17.7. The van der Waals surface area contributed by atoms with Gasteiger partial charge in [-0.15, -0.1) is 0 Å². The summed E-state index contributed by atoms with van der Waals surface area (Å²) in [6, 6.07) is 20.8. The summed E-state index contributed by atoms with van der Waals surface area (Å²) in [5, 5.41) is 14.9. The molecular weight excluding hydrogens is 443 g/mol. The fourth-order valence-electron chi connectivity index (χ4n) is 3.96. The first-order chi connectivity index (χ1) is 16.0. The highest BCUT2D eigenvalue weighted by Gasteiger charge is 2.42. The summed E-state index contributed by atoms with van der Waals surface area (Å²) in [5.74, 6) is 0.731. The summed E-state index contributed by atoms with van der Waals surface area (Å²) in [6.07, 6.45) is 1.70. The molecule has 164 valence electrons. The Balaban J connectivity index is 1.58. The highest BCUT2D eigenvalue weighted by Crippen LogP contribution is 2.43. The van der Waals surface area contributed by atoms with Gasteiger partial charge in [0, 0.05) is 29.6 Å². The number of anilines is 1. The lowest BCUT2D eigenvalue weighted by molar-refractivity contribution is -0.384. The first kappa shape index (κ1) is 20.8. The van der Waals surface area contributed by atoms with Crippen LogP contribution in [0.5, 0.6) is 0 Å². The second-order valence-electron chi connectivity index (χ2n) is 7.48. The fraction of sp³-hybridized carbons (Fsp3) is 0.0833. The smallest absolute Gasteiger partial charge is 0.270 e. The van der Waals surface area contributed by atoms with Crippen LogP contribution < -0.4 is 10.2 Å². The Morgan fingerprint density at radius 3 is 2.61 bits per heavy atom. The summed E-state index contributed by atoms with van der Waals surface area (Å²) < 4.78 is 19.8. The van der Waals surface area contributed by atoms with Crippen LogP contribution in [0.3, 0.4) is 0 Å². The van der Waals surface area contributed by atoms with Crippen molar-refractivity contribution in [3.63, 3.8) is 0 Å². The topological polar surface area (TPSA) is 84.4 Å². The SMILES string of the molecule is O=[N+]([O-])c1cccc(-c2ccc([C@H]3[C@H](c4ccccn4)NC(=S)N3c3ccc(F)cc3)o2)c1. The van der Waals surface area contributed by atoms with Crippen molar-refractivity contribution < 1.29 is 13.7 Å². The molecule has 2 aromatic heterocycles. The minimum absolute atomic E-state index is 0.0199. The molecule has 0 amide bonds. The highest BCUT2D eigenvalue weighted by molar-refractivity contribution is 7.80. The summed E-state index contributed by atoms with van der Waals surface area (Å²) in [4.78, 5) is 17.1. The van der Waals surface area contributed by atoms with E-state index in [2.05, 4.69) is 10.3 Å². The van der Waals surface area contributed by atoms with Gasteiger partial charge in [0.1, 0.15) is 23.4 Å². The number of aromatic nitrogens is 1. The monoisotopic (exact) mass is 460 g/mol. The quantitative estimate of drug-likeness (QED) is 0.237. The van der Waals surface area contributed by atoms with Gasteiger partial charge in [0.2, 0.25) is 0 Å². The third kappa shape index (κ3) is 3.94. The van der Waals surface area contributed by atoms with Crippen LogP contribution in [0.25, 0.3) is 11.3 Å². The zero-order chi connectivity index (χ0) is 22.9. The van der Waals surface area contributed by atoms with E-state index in [0.29, 0.717) is 27.9 Å². The number of benzene rings is 2. The third-order valence-corrected chi connectivity index (χ3v) is 5.78. The molecule has 33 heavy (non-hydrogen) atoms. The van der Waals surface area contributed by atoms with Gasteiger partial charge >= 0.3 is 0 Å². The molecule has 1 aliphatic heterocycles. The molecule has 4 aromatic rings. The van der Waals surface area contributed by atoms with Crippen LogP contribution in [0.15, 0.2) is 89.5 Å². The van der Waals surface area contributed by atoms with Crippen LogP contribution in [-0.2, 0) is 0 Å². The Bertz CT molecular complexity index is 1330. The maximum Gasteiger partial charge on any atom is 0.270 e. The fourth-order valence-corrected chi connectivity index (χ4v) is 4.31. The number of hydrogen-bond donors (Lipinski definition) is 1. The van der Waals surface area contributed by atoms with Crippen LogP contribution in [0.4, 0.5) is 15.8 Å². The lowest BCUT2D eigenvalue weighted by atomic mass is 10.0. The van der Waals surface area contributed by atoms with Crippen molar-refractivity contribution in [1.29, 1.82) is 0 Å². The maximum atomic E-state index is 13.6. The van der Waals surface area contributed by atoms with Crippen molar-refractivity contribution in [3.8, 4) is 11.3 Å². The van der Waals surface area contributed by atoms with E-state index >= 15 is 0 Å². The molecule has 2 aromatic carbocycles. The number of hydrogen-bond acceptors (Lipinski definition) is 5. The standard InChI is InChI=1S/C24H17FN4O3S/c25-16-7-9-17(10-8-16)28-23(22(27-24(28)33)19-6-1-2-13-26-19)21-12-11-20(32-21)15-4-3-5-18(14-15)29(30)31/h1-14,22-23H,(H,27,33)/t22-,23-/m0/s1. The van der Waals surface area contributed by atoms with Gasteiger partial charge < -0.3 is 14.6 Å². The molecule has 1 aliphatic rings. The second-order valence-corrected chi connectivity index (χ2v) is 7.87. The number of pyridine rings is 1. The van der Waals surface area contributed by atoms with E-state index in [1.807, 2.05) is 29.2 Å². The molecule has 0 aliphatic carbocycles. The first-order valence-corrected chi connectivity index (χ1v) is 10.5. The lowest BCUT2D eigenvalue weighted by Gasteiger charge is -2.26. The zero-order valence-electron chi connectivity index (χ0n) is 17.1. The Morgan fingerprint density at radius 1 is 1.06 bits per heavy atom. The molecule has 1 fully saturated rings. The number of nitro benzene ring substituents is 1. The molecule has 1 saturated heterocycles. The number of furan rings is 1. The number of nitrogens with zero attached hydrogens (tertiary/aromatic N) is 3. The first-order valence-electron chi connectivity index (χ1n) is 10.1. The van der Waals surface area contributed by atoms with E-state index in [0.717, 1.165) is 5.69 Å². The van der Waals surface area contributed by atoms with E-state index in [1.165, 1.54) is 24.3 Å². The Kier molecular flexibility index (Phi) is 5.31. The average Bonchev–Trinajstić information content (AvgIpc) is 3.45. The van der Waals surface area contributed by atoms with Crippen molar-refractivity contribution in [2.24, 2.45) is 0 Å². The van der Waals surface area contributed by atoms with Gasteiger partial charge in [-0.05, 0) is 60.7 Å². The molecule has 3 heterocycles. The number of thiocarbonyl (C=S) groups is 1. The molecule has 2 atom stereocenters. The van der Waals surface area contributed by atoms with Crippen molar-refractivity contribution in [1.82, 2.24) is 10.3 Å². The maximum absolute atomic E-state index is 13.6. The second kappa shape index (κ2) is 8.44. The Hall–Kier alpha value is -4.11. The molecule has 7 nitrogen and oxygen atoms in total. The zero-order valence-corrected chi connectivity index (χ0v) is 17.9. The van der Waals surface area contributed by atoms with Crippen molar-refractivity contribution in [2.45, 2.75) is 12.1 Å². The van der Waals surface area contributed by atoms with Crippen LogP contribution in [0.2, 0.25) is 0 Å². The summed E-state index contributed by atoms with van der Waals surface area (Å²) in [7, 11) is 0. The minimum Gasteiger partial charge on any atom is -0.459 e. The van der Waals surface area contributed by atoms with E-state index in [4.69, 9.17) is 16.6 Å². The summed E-state index contributed by atoms with van der Waals surface area (Å²) in [6.45, 7) is 0. The molecule has 9 heteroatoms. The van der Waals surface area contributed by atoms with Crippen LogP contribution in [0, 0.1) is 15.9 Å². The summed E-state index contributed by atoms with van der Waals surface area (Å²) in [5.41, 5.74) is 2.04. The number of nitrogens with one attached hydrogen (secondary N) is 1. The highest BCUT2D eigenvalue weighted by atomic mass is 32.1. The molecule has 5 rings (SSSR count). The van der Waals surface area contributed by atoms with Gasteiger partial charge in [-0.2, -0.15) is 0 Å². The van der Waals surface area contributed by atoms with Gasteiger partial charge in [-0.25, -0.2) is 4.39 Å². The molecule has 0 bridgehead atoms. The minimum atomic E-state index is -0.444. The van der Waals surface area contributed by atoms with Gasteiger partial charge in [-0.3, -0.25) is 15.1 Å². The van der Waals surface area contributed by atoms with Crippen LogP contribution >= 0.6 is 12.2 Å². The number of nitro groups is 1. The molecule has 0 unspecified atom stereocenters. The van der Waals surface area contributed by atoms with Crippen LogP contribution in [-0.4, -0.2) is 15.0 Å². The predicted octanol–water partition coefficient (Wildman–Crippen LogP) is 5.57. The van der Waals surface area contributed by atoms with Crippen molar-refractivity contribution >= 4 is 28.7 Å². The largest absolute Gasteiger partial charge is 0.459 e. The average molecular weight is 460 g/mol. The summed E-state index contributed by atoms with van der Waals surface area (Å²) >= 11 is 5.63. The van der Waals surface area contributed by atoms with Gasteiger partial charge in [0.05, 0.1) is 16.7 Å². The molecule has 0 radical (unpaired) electrons. The predicted molar refractivity (Wildman–Crippen MR) is 125 cm³/mol. The third-order valence-electron chi connectivity index (χ3n) is 5.46. The molecule has 0 saturated carbocycles. The van der Waals surface area contributed by atoms with Gasteiger partial charge in [-0.1, -0.05) is 18.2 Å². The van der Waals surface area contributed by atoms with E-state index in [1.54, 1.807) is 36.5 Å². The van der Waals surface area contributed by atoms with Gasteiger partial charge in [0.15, 0.2) is 5.11 Å². The van der Waals surface area contributed by atoms with E-state index in [-0.39, 0.29) is 17.5 Å². The van der Waals surface area contributed by atoms with Crippen molar-refractivity contribution in [2.75, 3.05) is 4.90 Å². The van der Waals surface area contributed by atoms with E-state index in [9.17, 15) is 14.5 Å². The van der Waals surface area contributed by atoms with Gasteiger partial charge in [0.25, 0.3) is 5.69 Å². The van der Waals surface area contributed by atoms with E-state index < -0.39 is 11.0 Å². The Labute approximate surface area is 193 Å². The Morgan fingerprint density at radius 2 is 1.88 bits per heavy atom. The lowest BCUT2D eigenvalue weighted by Crippen LogP contribution is -2.29. The number of rotatable bonds is 5. The molecule has 1 N–H and O–H groups in total. The van der Waals surface area contributed by atoms with Crippen molar-refractivity contribution in [3.05, 3.63) is 112 Å². The molecular formula is C24H17FN4O3S.